The number of hydrogen-bond acceptors (Lipinski definition) is 3. The summed E-state index contributed by atoms with van der Waals surface area (Å²) in [6, 6.07) is 0. The largest absolute Gasteiger partial charge is 0.299 e. The van der Waals surface area contributed by atoms with Gasteiger partial charge in [0.25, 0.3) is 0 Å². The second kappa shape index (κ2) is 2.96. The zero-order valence-corrected chi connectivity index (χ0v) is 7.90. The monoisotopic (exact) mass is 195 g/mol. The first-order chi connectivity index (χ1) is 5.31. The molecular formula is C7H14FNO2S. The van der Waals surface area contributed by atoms with Crippen LogP contribution in [-0.4, -0.2) is 25.7 Å². The maximum absolute atomic E-state index is 13.1. The van der Waals surface area contributed by atoms with Gasteiger partial charge in [-0.25, -0.2) is 12.8 Å². The highest BCUT2D eigenvalue weighted by Gasteiger charge is 2.34. The summed E-state index contributed by atoms with van der Waals surface area (Å²) in [6.45, 7) is 1.30. The van der Waals surface area contributed by atoms with Gasteiger partial charge in [-0.1, -0.05) is 0 Å². The van der Waals surface area contributed by atoms with E-state index in [4.69, 9.17) is 5.73 Å². The highest BCUT2D eigenvalue weighted by atomic mass is 32.2. The Labute approximate surface area is 72.1 Å². The summed E-state index contributed by atoms with van der Waals surface area (Å²) in [7, 11) is -2.90. The Morgan fingerprint density at radius 2 is 1.83 bits per heavy atom. The lowest BCUT2D eigenvalue weighted by Gasteiger charge is -2.29. The van der Waals surface area contributed by atoms with E-state index in [1.165, 1.54) is 6.92 Å². The number of sulfone groups is 1. The molecule has 1 heterocycles. The number of rotatable bonds is 1. The van der Waals surface area contributed by atoms with Gasteiger partial charge in [0.15, 0.2) is 5.79 Å². The van der Waals surface area contributed by atoms with E-state index >= 15 is 0 Å². The molecule has 1 unspecified atom stereocenters. The molecular weight excluding hydrogens is 181 g/mol. The molecule has 0 spiro atoms. The molecule has 3 nitrogen and oxygen atoms in total. The average molecular weight is 195 g/mol. The van der Waals surface area contributed by atoms with Crippen LogP contribution in [0.2, 0.25) is 0 Å². The molecule has 0 aromatic rings. The van der Waals surface area contributed by atoms with Crippen molar-refractivity contribution in [3.8, 4) is 0 Å². The Hall–Kier alpha value is -0.160. The van der Waals surface area contributed by atoms with Crippen molar-refractivity contribution in [2.75, 3.05) is 11.5 Å². The lowest BCUT2D eigenvalue weighted by atomic mass is 9.93. The SMILES string of the molecule is CC(N)(F)C1CCS(=O)(=O)CC1. The van der Waals surface area contributed by atoms with Crippen LogP contribution in [0.1, 0.15) is 19.8 Å². The number of alkyl halides is 1. The van der Waals surface area contributed by atoms with Crippen molar-refractivity contribution >= 4 is 9.84 Å². The van der Waals surface area contributed by atoms with Gasteiger partial charge in [-0.15, -0.1) is 0 Å². The van der Waals surface area contributed by atoms with Gasteiger partial charge in [0, 0.05) is 5.92 Å². The summed E-state index contributed by atoms with van der Waals surface area (Å²) in [4.78, 5) is 0. The smallest absolute Gasteiger partial charge is 0.159 e. The van der Waals surface area contributed by atoms with Crippen molar-refractivity contribution in [2.24, 2.45) is 11.7 Å². The van der Waals surface area contributed by atoms with E-state index in [-0.39, 0.29) is 17.4 Å². The molecule has 1 rings (SSSR count). The van der Waals surface area contributed by atoms with Crippen molar-refractivity contribution in [3.05, 3.63) is 0 Å². The fourth-order valence-corrected chi connectivity index (χ4v) is 2.95. The maximum Gasteiger partial charge on any atom is 0.159 e. The highest BCUT2D eigenvalue weighted by molar-refractivity contribution is 7.91. The third-order valence-electron chi connectivity index (χ3n) is 2.35. The lowest BCUT2D eigenvalue weighted by Crippen LogP contribution is -2.43. The van der Waals surface area contributed by atoms with Crippen LogP contribution < -0.4 is 5.73 Å². The molecule has 1 fully saturated rings. The van der Waals surface area contributed by atoms with Crippen LogP contribution >= 0.6 is 0 Å². The Kier molecular flexibility index (Phi) is 2.45. The van der Waals surface area contributed by atoms with Crippen LogP contribution in [0, 0.1) is 5.92 Å². The number of hydrogen-bond donors (Lipinski definition) is 1. The second-order valence-corrected chi connectivity index (χ2v) is 5.88. The van der Waals surface area contributed by atoms with Crippen LogP contribution in [0.25, 0.3) is 0 Å². The minimum absolute atomic E-state index is 0.0778. The summed E-state index contributed by atoms with van der Waals surface area (Å²) in [6.07, 6.45) is 0.706. The molecule has 0 aromatic carbocycles. The average Bonchev–Trinajstić information content (AvgIpc) is 1.83. The van der Waals surface area contributed by atoms with Gasteiger partial charge >= 0.3 is 0 Å². The first-order valence-electron chi connectivity index (χ1n) is 3.99. The van der Waals surface area contributed by atoms with Gasteiger partial charge in [0.1, 0.15) is 9.84 Å². The molecule has 1 aliphatic rings. The van der Waals surface area contributed by atoms with Crippen LogP contribution in [0.5, 0.6) is 0 Å². The van der Waals surface area contributed by atoms with E-state index in [1.54, 1.807) is 0 Å². The van der Waals surface area contributed by atoms with Gasteiger partial charge in [-0.2, -0.15) is 0 Å². The van der Waals surface area contributed by atoms with E-state index in [0.29, 0.717) is 12.8 Å². The van der Waals surface area contributed by atoms with E-state index in [9.17, 15) is 12.8 Å². The topological polar surface area (TPSA) is 60.2 Å². The molecule has 0 bridgehead atoms. The molecule has 12 heavy (non-hydrogen) atoms. The van der Waals surface area contributed by atoms with Crippen LogP contribution in [-0.2, 0) is 9.84 Å². The summed E-state index contributed by atoms with van der Waals surface area (Å²) in [5, 5.41) is 0. The highest BCUT2D eigenvalue weighted by Crippen LogP contribution is 2.28. The van der Waals surface area contributed by atoms with E-state index in [2.05, 4.69) is 0 Å². The van der Waals surface area contributed by atoms with Crippen molar-refractivity contribution in [1.82, 2.24) is 0 Å². The molecule has 2 N–H and O–H groups in total. The summed E-state index contributed by atoms with van der Waals surface area (Å²) in [5.41, 5.74) is 5.24. The first-order valence-corrected chi connectivity index (χ1v) is 5.81. The predicted molar refractivity (Wildman–Crippen MR) is 45.1 cm³/mol. The normalized spacial score (nSPS) is 29.6. The van der Waals surface area contributed by atoms with Crippen molar-refractivity contribution < 1.29 is 12.8 Å². The zero-order chi connectivity index (χ0) is 9.41. The minimum Gasteiger partial charge on any atom is -0.299 e. The van der Waals surface area contributed by atoms with Gasteiger partial charge in [0.2, 0.25) is 0 Å². The van der Waals surface area contributed by atoms with Gasteiger partial charge < -0.3 is 0 Å². The molecule has 0 aliphatic carbocycles. The maximum atomic E-state index is 13.1. The molecule has 72 valence electrons. The molecule has 5 heteroatoms. The molecule has 1 aliphatic heterocycles. The Morgan fingerprint density at radius 1 is 1.42 bits per heavy atom. The number of halogens is 1. The van der Waals surface area contributed by atoms with Gasteiger partial charge in [0.05, 0.1) is 11.5 Å². The van der Waals surface area contributed by atoms with E-state index in [0.717, 1.165) is 0 Å². The van der Waals surface area contributed by atoms with Crippen molar-refractivity contribution in [1.29, 1.82) is 0 Å². The Bertz CT molecular complexity index is 241. The van der Waals surface area contributed by atoms with Crippen LogP contribution in [0.15, 0.2) is 0 Å². The molecule has 1 saturated heterocycles. The first kappa shape index (κ1) is 9.92. The summed E-state index contributed by atoms with van der Waals surface area (Å²) < 4.78 is 35.0. The fraction of sp³-hybridized carbons (Fsp3) is 1.00. The third kappa shape index (κ3) is 2.42. The van der Waals surface area contributed by atoms with Gasteiger partial charge in [-0.3, -0.25) is 5.73 Å². The van der Waals surface area contributed by atoms with E-state index in [1.807, 2.05) is 0 Å². The number of nitrogens with two attached hydrogens (primary N) is 1. The Morgan fingerprint density at radius 3 is 2.17 bits per heavy atom. The van der Waals surface area contributed by atoms with E-state index < -0.39 is 15.6 Å². The molecule has 1 atom stereocenters. The quantitative estimate of drug-likeness (QED) is 0.618. The standard InChI is InChI=1S/C7H14FNO2S/c1-7(8,9)6-2-4-12(10,11)5-3-6/h6H,2-5,9H2,1H3. The second-order valence-electron chi connectivity index (χ2n) is 3.58. The predicted octanol–water partition coefficient (Wildman–Crippen LogP) is 0.456. The molecule has 0 amide bonds. The van der Waals surface area contributed by atoms with Gasteiger partial charge in [-0.05, 0) is 19.8 Å². The van der Waals surface area contributed by atoms with Crippen molar-refractivity contribution in [3.63, 3.8) is 0 Å². The third-order valence-corrected chi connectivity index (χ3v) is 4.07. The molecule has 0 radical (unpaired) electrons. The summed E-state index contributed by atoms with van der Waals surface area (Å²) in [5.74, 6) is -1.88. The molecule has 0 aromatic heterocycles. The molecule has 0 saturated carbocycles. The van der Waals surface area contributed by atoms with Crippen molar-refractivity contribution in [2.45, 2.75) is 25.6 Å². The minimum atomic E-state index is -2.90. The van der Waals surface area contributed by atoms with Crippen LogP contribution in [0.3, 0.4) is 0 Å². The van der Waals surface area contributed by atoms with Crippen LogP contribution in [0.4, 0.5) is 4.39 Å². The summed E-state index contributed by atoms with van der Waals surface area (Å²) >= 11 is 0. The Balaban J connectivity index is 2.58. The lowest BCUT2D eigenvalue weighted by molar-refractivity contribution is 0.102. The zero-order valence-electron chi connectivity index (χ0n) is 7.09. The fourth-order valence-electron chi connectivity index (χ4n) is 1.45.